The van der Waals surface area contributed by atoms with Crippen LogP contribution in [0.25, 0.3) is 6.08 Å². The molecule has 0 spiro atoms. The Morgan fingerprint density at radius 3 is 2.65 bits per heavy atom. The van der Waals surface area contributed by atoms with Crippen molar-refractivity contribution in [3.8, 4) is 17.6 Å². The first-order valence-electron chi connectivity index (χ1n) is 7.65. The largest absolute Gasteiger partial charge is 0.493 e. The number of nitriles is 1. The van der Waals surface area contributed by atoms with Gasteiger partial charge in [-0.1, -0.05) is 19.4 Å². The van der Waals surface area contributed by atoms with Crippen molar-refractivity contribution in [1.29, 1.82) is 5.26 Å². The van der Waals surface area contributed by atoms with Crippen LogP contribution < -0.4 is 9.47 Å². The molecule has 0 saturated carbocycles. The molecule has 0 unspecified atom stereocenters. The number of unbranched alkanes of at least 4 members (excludes halogenated alkanes) is 1. The fourth-order valence-corrected chi connectivity index (χ4v) is 1.80. The van der Waals surface area contributed by atoms with Gasteiger partial charge in [0, 0.05) is 0 Å². The third kappa shape index (κ3) is 6.03. The van der Waals surface area contributed by atoms with Gasteiger partial charge in [-0.2, -0.15) is 5.26 Å². The molecule has 0 heterocycles. The lowest BCUT2D eigenvalue weighted by Gasteiger charge is -2.11. The minimum atomic E-state index is -0.635. The van der Waals surface area contributed by atoms with Gasteiger partial charge in [-0.05, 0) is 44.0 Å². The summed E-state index contributed by atoms with van der Waals surface area (Å²) in [5.74, 6) is 0.565. The molecule has 1 aromatic rings. The summed E-state index contributed by atoms with van der Waals surface area (Å²) < 4.78 is 16.0. The second-order valence-corrected chi connectivity index (χ2v) is 5.24. The Balaban J connectivity index is 2.97. The maximum atomic E-state index is 11.8. The van der Waals surface area contributed by atoms with E-state index in [4.69, 9.17) is 19.5 Å². The van der Waals surface area contributed by atoms with E-state index in [-0.39, 0.29) is 11.7 Å². The summed E-state index contributed by atoms with van der Waals surface area (Å²) in [6.45, 7) is 6.18. The van der Waals surface area contributed by atoms with Crippen LogP contribution in [0.15, 0.2) is 23.8 Å². The lowest BCUT2D eigenvalue weighted by molar-refractivity contribution is -0.142. The lowest BCUT2D eigenvalue weighted by atomic mass is 10.1. The van der Waals surface area contributed by atoms with E-state index in [1.165, 1.54) is 6.08 Å². The predicted molar refractivity (Wildman–Crippen MR) is 88.2 cm³/mol. The van der Waals surface area contributed by atoms with Gasteiger partial charge in [-0.25, -0.2) is 4.79 Å². The zero-order valence-electron chi connectivity index (χ0n) is 14.1. The van der Waals surface area contributed by atoms with E-state index in [0.717, 1.165) is 12.8 Å². The van der Waals surface area contributed by atoms with E-state index >= 15 is 0 Å². The third-order valence-corrected chi connectivity index (χ3v) is 2.94. The van der Waals surface area contributed by atoms with Crippen LogP contribution in [0.5, 0.6) is 11.5 Å². The predicted octanol–water partition coefficient (Wildman–Crippen LogP) is 3.73. The first-order valence-corrected chi connectivity index (χ1v) is 7.65. The summed E-state index contributed by atoms with van der Waals surface area (Å²) in [5.41, 5.74) is 0.613. The number of hydrogen-bond donors (Lipinski definition) is 0. The molecule has 0 aromatic heterocycles. The van der Waals surface area contributed by atoms with Crippen molar-refractivity contribution >= 4 is 12.0 Å². The number of ether oxygens (including phenoxy) is 3. The molecule has 0 radical (unpaired) electrons. The molecule has 23 heavy (non-hydrogen) atoms. The highest BCUT2D eigenvalue weighted by atomic mass is 16.5. The number of benzene rings is 1. The molecule has 0 aliphatic rings. The third-order valence-electron chi connectivity index (χ3n) is 2.94. The van der Waals surface area contributed by atoms with Crippen molar-refractivity contribution < 1.29 is 19.0 Å². The number of carbonyl (C=O) groups excluding carboxylic acids is 1. The van der Waals surface area contributed by atoms with Gasteiger partial charge in [-0.15, -0.1) is 0 Å². The van der Waals surface area contributed by atoms with E-state index in [0.29, 0.717) is 23.7 Å². The first-order chi connectivity index (χ1) is 11.0. The Hall–Kier alpha value is -2.48. The van der Waals surface area contributed by atoms with Crippen LogP contribution >= 0.6 is 0 Å². The van der Waals surface area contributed by atoms with Crippen LogP contribution in [0.3, 0.4) is 0 Å². The van der Waals surface area contributed by atoms with Gasteiger partial charge in [0.15, 0.2) is 11.5 Å². The Labute approximate surface area is 137 Å². The van der Waals surface area contributed by atoms with Gasteiger partial charge in [0.2, 0.25) is 0 Å². The molecular weight excluding hydrogens is 294 g/mol. The minimum Gasteiger partial charge on any atom is -0.493 e. The average molecular weight is 317 g/mol. The molecule has 1 aromatic carbocycles. The van der Waals surface area contributed by atoms with E-state index in [1.54, 1.807) is 39.2 Å². The molecule has 0 bridgehead atoms. The van der Waals surface area contributed by atoms with Gasteiger partial charge >= 0.3 is 5.97 Å². The standard InChI is InChI=1S/C18H23NO4/c1-5-6-9-22-16-8-7-14(11-17(16)21-4)10-15(12-19)18(20)23-13(2)3/h7-8,10-11,13H,5-6,9H2,1-4H3/b15-10-. The van der Waals surface area contributed by atoms with E-state index in [1.807, 2.05) is 6.07 Å². The van der Waals surface area contributed by atoms with E-state index < -0.39 is 5.97 Å². The molecule has 0 aliphatic carbocycles. The number of hydrogen-bond acceptors (Lipinski definition) is 5. The summed E-state index contributed by atoms with van der Waals surface area (Å²) in [4.78, 5) is 11.8. The summed E-state index contributed by atoms with van der Waals surface area (Å²) in [5, 5.41) is 9.12. The molecule has 5 heteroatoms. The molecule has 0 N–H and O–H groups in total. The van der Waals surface area contributed by atoms with Crippen LogP contribution in [0, 0.1) is 11.3 Å². The van der Waals surface area contributed by atoms with Gasteiger partial charge in [0.25, 0.3) is 0 Å². The molecular formula is C18H23NO4. The van der Waals surface area contributed by atoms with Crippen molar-refractivity contribution in [2.75, 3.05) is 13.7 Å². The fourth-order valence-electron chi connectivity index (χ4n) is 1.80. The Kier molecular flexibility index (Phi) is 7.69. The number of carbonyl (C=O) groups is 1. The maximum absolute atomic E-state index is 11.8. The molecule has 1 rings (SSSR count). The number of nitrogens with zero attached hydrogens (tertiary/aromatic N) is 1. The van der Waals surface area contributed by atoms with Crippen LogP contribution in [0.1, 0.15) is 39.2 Å². The monoisotopic (exact) mass is 317 g/mol. The van der Waals surface area contributed by atoms with Crippen LogP contribution in [0.4, 0.5) is 0 Å². The first kappa shape index (κ1) is 18.6. The molecule has 0 amide bonds. The van der Waals surface area contributed by atoms with Gasteiger partial charge in [0.05, 0.1) is 19.8 Å². The summed E-state index contributed by atoms with van der Waals surface area (Å²) in [6.07, 6.45) is 3.21. The number of methoxy groups -OCH3 is 1. The van der Waals surface area contributed by atoms with Crippen molar-refractivity contribution in [1.82, 2.24) is 0 Å². The van der Waals surface area contributed by atoms with Crippen LogP contribution in [-0.4, -0.2) is 25.8 Å². The summed E-state index contributed by atoms with van der Waals surface area (Å²) in [7, 11) is 1.55. The zero-order valence-corrected chi connectivity index (χ0v) is 14.1. The normalized spacial score (nSPS) is 11.0. The topological polar surface area (TPSA) is 68.5 Å². The second-order valence-electron chi connectivity index (χ2n) is 5.24. The Bertz CT molecular complexity index is 600. The molecule has 124 valence electrons. The SMILES string of the molecule is CCCCOc1ccc(/C=C(/C#N)C(=O)OC(C)C)cc1OC. The maximum Gasteiger partial charge on any atom is 0.349 e. The highest BCUT2D eigenvalue weighted by Gasteiger charge is 2.13. The molecule has 5 nitrogen and oxygen atoms in total. The quantitative estimate of drug-likeness (QED) is 0.316. The highest BCUT2D eigenvalue weighted by molar-refractivity contribution is 5.98. The van der Waals surface area contributed by atoms with Gasteiger partial charge in [0.1, 0.15) is 11.6 Å². The van der Waals surface area contributed by atoms with Crippen molar-refractivity contribution in [2.24, 2.45) is 0 Å². The highest BCUT2D eigenvalue weighted by Crippen LogP contribution is 2.29. The van der Waals surface area contributed by atoms with Gasteiger partial charge < -0.3 is 14.2 Å². The zero-order chi connectivity index (χ0) is 17.2. The Morgan fingerprint density at radius 1 is 1.35 bits per heavy atom. The van der Waals surface area contributed by atoms with Gasteiger partial charge in [-0.3, -0.25) is 0 Å². The summed E-state index contributed by atoms with van der Waals surface area (Å²) >= 11 is 0. The second kappa shape index (κ2) is 9.52. The molecule has 0 aliphatic heterocycles. The minimum absolute atomic E-state index is 0.0552. The smallest absolute Gasteiger partial charge is 0.349 e. The fraction of sp³-hybridized carbons (Fsp3) is 0.444. The summed E-state index contributed by atoms with van der Waals surface area (Å²) in [6, 6.07) is 7.12. The van der Waals surface area contributed by atoms with Crippen molar-refractivity contribution in [3.63, 3.8) is 0 Å². The van der Waals surface area contributed by atoms with Crippen molar-refractivity contribution in [3.05, 3.63) is 29.3 Å². The van der Waals surface area contributed by atoms with E-state index in [9.17, 15) is 4.79 Å². The molecule has 0 saturated heterocycles. The molecule has 0 fully saturated rings. The van der Waals surface area contributed by atoms with E-state index in [2.05, 4.69) is 6.92 Å². The number of rotatable bonds is 8. The lowest BCUT2D eigenvalue weighted by Crippen LogP contribution is -2.12. The van der Waals surface area contributed by atoms with Crippen LogP contribution in [0.2, 0.25) is 0 Å². The molecule has 0 atom stereocenters. The number of esters is 1. The average Bonchev–Trinajstić information content (AvgIpc) is 2.52. The van der Waals surface area contributed by atoms with Crippen LogP contribution in [-0.2, 0) is 9.53 Å². The Morgan fingerprint density at radius 2 is 2.09 bits per heavy atom. The van der Waals surface area contributed by atoms with Crippen molar-refractivity contribution in [2.45, 2.75) is 39.7 Å².